The Bertz CT molecular complexity index is 739. The Hall–Kier alpha value is -2.01. The molecule has 0 aromatic heterocycles. The Balaban J connectivity index is 1.96. The van der Waals surface area contributed by atoms with Crippen molar-refractivity contribution in [1.29, 1.82) is 0 Å². The van der Waals surface area contributed by atoms with Gasteiger partial charge in [-0.3, -0.25) is 9.59 Å². The predicted octanol–water partition coefficient (Wildman–Crippen LogP) is -0.782. The first kappa shape index (κ1) is 21.3. The van der Waals surface area contributed by atoms with Crippen LogP contribution in [0.3, 0.4) is 0 Å². The van der Waals surface area contributed by atoms with Gasteiger partial charge < -0.3 is 20.3 Å². The van der Waals surface area contributed by atoms with E-state index in [2.05, 4.69) is 10.6 Å². The highest BCUT2D eigenvalue weighted by Crippen LogP contribution is 2.21. The summed E-state index contributed by atoms with van der Waals surface area (Å²) in [5.41, 5.74) is 0. The summed E-state index contributed by atoms with van der Waals surface area (Å²) in [6, 6.07) is 8.05. The van der Waals surface area contributed by atoms with Gasteiger partial charge in [0.25, 0.3) is 0 Å². The summed E-state index contributed by atoms with van der Waals surface area (Å²) in [6.07, 6.45) is -0.302. The normalized spacial score (nSPS) is 18.3. The van der Waals surface area contributed by atoms with E-state index in [0.717, 1.165) is 0 Å². The third-order valence-electron chi connectivity index (χ3n) is 3.99. The van der Waals surface area contributed by atoms with Crippen LogP contribution < -0.4 is 10.6 Å². The van der Waals surface area contributed by atoms with E-state index < -0.39 is 28.1 Å². The van der Waals surface area contributed by atoms with Gasteiger partial charge >= 0.3 is 11.8 Å². The molecule has 10 heteroatoms. The molecule has 0 saturated carbocycles. The lowest BCUT2D eigenvalue weighted by molar-refractivity contribution is -0.140. The van der Waals surface area contributed by atoms with Crippen molar-refractivity contribution in [2.24, 2.45) is 0 Å². The number of carbonyl (C=O) groups is 2. The fourth-order valence-electron chi connectivity index (χ4n) is 2.56. The molecule has 2 N–H and O–H groups in total. The lowest BCUT2D eigenvalue weighted by Crippen LogP contribution is -2.53. The maximum atomic E-state index is 12.8. The van der Waals surface area contributed by atoms with Crippen LogP contribution >= 0.6 is 0 Å². The molecule has 27 heavy (non-hydrogen) atoms. The van der Waals surface area contributed by atoms with Crippen molar-refractivity contribution < 1.29 is 22.7 Å². The van der Waals surface area contributed by atoms with Crippen LogP contribution in [0.4, 0.5) is 0 Å². The van der Waals surface area contributed by atoms with Crippen LogP contribution in [0.2, 0.25) is 0 Å². The van der Waals surface area contributed by atoms with Gasteiger partial charge in [0.05, 0.1) is 18.0 Å². The van der Waals surface area contributed by atoms with Gasteiger partial charge in [0.1, 0.15) is 6.23 Å². The number of sulfonamides is 1. The molecule has 1 aromatic carbocycles. The number of amides is 2. The fourth-order valence-corrected chi connectivity index (χ4v) is 4.15. The molecule has 1 aromatic rings. The van der Waals surface area contributed by atoms with Crippen molar-refractivity contribution in [3.8, 4) is 0 Å². The van der Waals surface area contributed by atoms with E-state index >= 15 is 0 Å². The summed E-state index contributed by atoms with van der Waals surface area (Å²) >= 11 is 0. The van der Waals surface area contributed by atoms with Crippen LogP contribution in [-0.4, -0.2) is 82.5 Å². The van der Waals surface area contributed by atoms with E-state index in [1.807, 2.05) is 19.0 Å². The highest BCUT2D eigenvalue weighted by Gasteiger charge is 2.34. The first-order chi connectivity index (χ1) is 12.8. The van der Waals surface area contributed by atoms with Crippen LogP contribution in [0, 0.1) is 0 Å². The summed E-state index contributed by atoms with van der Waals surface area (Å²) in [7, 11) is -0.0410. The van der Waals surface area contributed by atoms with Gasteiger partial charge in [0.2, 0.25) is 10.0 Å². The lowest BCUT2D eigenvalue weighted by Gasteiger charge is -2.34. The van der Waals surface area contributed by atoms with Crippen molar-refractivity contribution in [2.75, 3.05) is 46.9 Å². The van der Waals surface area contributed by atoms with Crippen molar-refractivity contribution in [1.82, 2.24) is 19.8 Å². The first-order valence-corrected chi connectivity index (χ1v) is 10.2. The topological polar surface area (TPSA) is 108 Å². The molecule has 0 bridgehead atoms. The molecule has 1 aliphatic heterocycles. The van der Waals surface area contributed by atoms with Crippen LogP contribution in [0.5, 0.6) is 0 Å². The van der Waals surface area contributed by atoms with E-state index in [9.17, 15) is 18.0 Å². The Kier molecular flexibility index (Phi) is 7.72. The number of hydrogen-bond donors (Lipinski definition) is 2. The number of hydrogen-bond acceptors (Lipinski definition) is 6. The summed E-state index contributed by atoms with van der Waals surface area (Å²) in [5, 5.41) is 4.95. The summed E-state index contributed by atoms with van der Waals surface area (Å²) in [5.74, 6) is -1.58. The van der Waals surface area contributed by atoms with Crippen LogP contribution in [-0.2, 0) is 24.3 Å². The minimum atomic E-state index is -3.75. The molecule has 2 rings (SSSR count). The second-order valence-electron chi connectivity index (χ2n) is 6.38. The van der Waals surface area contributed by atoms with Crippen LogP contribution in [0.15, 0.2) is 35.2 Å². The number of likely N-dealkylation sites (N-methyl/N-ethyl adjacent to an activating group) is 1. The maximum Gasteiger partial charge on any atom is 0.309 e. The van der Waals surface area contributed by atoms with Crippen molar-refractivity contribution in [3.05, 3.63) is 30.3 Å². The number of nitrogens with zero attached hydrogens (tertiary/aromatic N) is 2. The molecular weight excluding hydrogens is 372 g/mol. The molecule has 0 spiro atoms. The Morgan fingerprint density at radius 1 is 1.19 bits per heavy atom. The molecule has 0 aliphatic carbocycles. The SMILES string of the molecule is CN(C)CCNC(=O)C(=O)NC[C@@H]1OCCCN1S(=O)(=O)c1ccccc1. The Morgan fingerprint density at radius 3 is 2.52 bits per heavy atom. The van der Waals surface area contributed by atoms with Gasteiger partial charge in [-0.25, -0.2) is 8.42 Å². The zero-order valence-corrected chi connectivity index (χ0v) is 16.4. The van der Waals surface area contributed by atoms with Crippen LogP contribution in [0.1, 0.15) is 6.42 Å². The maximum absolute atomic E-state index is 12.8. The van der Waals surface area contributed by atoms with Gasteiger partial charge in [-0.15, -0.1) is 0 Å². The predicted molar refractivity (Wildman–Crippen MR) is 99.3 cm³/mol. The molecule has 1 fully saturated rings. The highest BCUT2D eigenvalue weighted by atomic mass is 32.2. The molecule has 1 aliphatic rings. The van der Waals surface area contributed by atoms with Gasteiger partial charge in [-0.05, 0) is 32.6 Å². The minimum absolute atomic E-state index is 0.105. The van der Waals surface area contributed by atoms with E-state index in [1.165, 1.54) is 16.4 Å². The molecule has 150 valence electrons. The average Bonchev–Trinajstić information content (AvgIpc) is 2.66. The fraction of sp³-hybridized carbons (Fsp3) is 0.529. The zero-order valence-electron chi connectivity index (χ0n) is 15.6. The van der Waals surface area contributed by atoms with Gasteiger partial charge in [-0.1, -0.05) is 18.2 Å². The molecule has 0 radical (unpaired) electrons. The monoisotopic (exact) mass is 398 g/mol. The van der Waals surface area contributed by atoms with Gasteiger partial charge in [-0.2, -0.15) is 4.31 Å². The minimum Gasteiger partial charge on any atom is -0.360 e. The standard InChI is InChI=1S/C17H26N4O5S/c1-20(2)11-9-18-16(22)17(23)19-13-15-21(10-6-12-26-15)27(24,25)14-7-4-3-5-8-14/h3-5,7-8,15H,6,9-13H2,1-2H3,(H,18,22)(H,19,23)/t15-/m0/s1. The quantitative estimate of drug-likeness (QED) is 0.584. The molecule has 1 heterocycles. The number of rotatable bonds is 7. The molecule has 1 atom stereocenters. The number of nitrogens with one attached hydrogen (secondary N) is 2. The second kappa shape index (κ2) is 9.79. The van der Waals surface area contributed by atoms with Crippen molar-refractivity contribution in [2.45, 2.75) is 17.5 Å². The number of benzene rings is 1. The number of carbonyl (C=O) groups excluding carboxylic acids is 2. The molecule has 0 unspecified atom stereocenters. The van der Waals surface area contributed by atoms with Crippen molar-refractivity contribution >= 4 is 21.8 Å². The summed E-state index contributed by atoms with van der Waals surface area (Å²) < 4.78 is 32.4. The molecule has 1 saturated heterocycles. The Morgan fingerprint density at radius 2 is 1.85 bits per heavy atom. The van der Waals surface area contributed by atoms with E-state index in [4.69, 9.17) is 4.74 Å². The molecular formula is C17H26N4O5S. The lowest BCUT2D eigenvalue weighted by atomic mass is 10.3. The molecule has 2 amide bonds. The molecule has 9 nitrogen and oxygen atoms in total. The van der Waals surface area contributed by atoms with Gasteiger partial charge in [0.15, 0.2) is 0 Å². The smallest absolute Gasteiger partial charge is 0.309 e. The summed E-state index contributed by atoms with van der Waals surface area (Å²) in [4.78, 5) is 25.7. The number of ether oxygens (including phenoxy) is 1. The zero-order chi connectivity index (χ0) is 19.9. The van der Waals surface area contributed by atoms with Crippen LogP contribution in [0.25, 0.3) is 0 Å². The van der Waals surface area contributed by atoms with E-state index in [1.54, 1.807) is 18.2 Å². The van der Waals surface area contributed by atoms with E-state index in [-0.39, 0.29) is 18.0 Å². The third kappa shape index (κ3) is 5.99. The third-order valence-corrected chi connectivity index (χ3v) is 5.90. The largest absolute Gasteiger partial charge is 0.360 e. The van der Waals surface area contributed by atoms with Crippen molar-refractivity contribution in [3.63, 3.8) is 0 Å². The first-order valence-electron chi connectivity index (χ1n) is 8.71. The van der Waals surface area contributed by atoms with E-state index in [0.29, 0.717) is 26.1 Å². The second-order valence-corrected chi connectivity index (χ2v) is 8.27. The summed E-state index contributed by atoms with van der Waals surface area (Å²) in [6.45, 7) is 1.51. The average molecular weight is 398 g/mol. The Labute approximate surface area is 159 Å². The highest BCUT2D eigenvalue weighted by molar-refractivity contribution is 7.89. The van der Waals surface area contributed by atoms with Gasteiger partial charge in [0, 0.05) is 19.6 Å².